The smallest absolute Gasteiger partial charge is 0.0723 e. The first-order chi connectivity index (χ1) is 6.10. The summed E-state index contributed by atoms with van der Waals surface area (Å²) in [5, 5.41) is 0. The number of nitrogens with one attached hydrogen (secondary N) is 1. The Kier molecular flexibility index (Phi) is 3.06. The Balaban J connectivity index is 3.06. The fourth-order valence-corrected chi connectivity index (χ4v) is 1.92. The molecule has 0 fully saturated rings. The molecule has 0 aromatic heterocycles. The molecule has 0 spiro atoms. The third kappa shape index (κ3) is 2.29. The minimum Gasteiger partial charge on any atom is -0.326 e. The van der Waals surface area contributed by atoms with Gasteiger partial charge in [0.2, 0.25) is 0 Å². The van der Waals surface area contributed by atoms with E-state index in [1.807, 2.05) is 12.1 Å². The summed E-state index contributed by atoms with van der Waals surface area (Å²) in [6.45, 7) is 2.23. The Bertz CT molecular complexity index is 367. The van der Waals surface area contributed by atoms with Gasteiger partial charge in [-0.05, 0) is 17.7 Å². The molecule has 0 aliphatic carbocycles. The molecule has 1 aromatic rings. The van der Waals surface area contributed by atoms with Crippen molar-refractivity contribution < 1.29 is 4.21 Å². The van der Waals surface area contributed by atoms with Gasteiger partial charge < -0.3 is 5.73 Å². The van der Waals surface area contributed by atoms with Crippen molar-refractivity contribution in [3.63, 3.8) is 0 Å². The lowest BCUT2D eigenvalue weighted by Crippen LogP contribution is -2.02. The van der Waals surface area contributed by atoms with Crippen molar-refractivity contribution in [2.45, 2.75) is 18.4 Å². The summed E-state index contributed by atoms with van der Waals surface area (Å²) >= 11 is 0. The average Bonchev–Trinajstić information content (AvgIpc) is 2.18. The molecule has 0 saturated heterocycles. The van der Waals surface area contributed by atoms with Crippen LogP contribution in [0.25, 0.3) is 0 Å². The van der Waals surface area contributed by atoms with Crippen LogP contribution in [0.5, 0.6) is 0 Å². The van der Waals surface area contributed by atoms with E-state index in [1.54, 1.807) is 19.1 Å². The van der Waals surface area contributed by atoms with Crippen LogP contribution in [-0.2, 0) is 16.3 Å². The number of rotatable bonds is 3. The van der Waals surface area contributed by atoms with Crippen LogP contribution in [0.1, 0.15) is 12.5 Å². The van der Waals surface area contributed by atoms with E-state index < -0.39 is 9.73 Å². The zero-order chi connectivity index (χ0) is 9.90. The Labute approximate surface area is 78.9 Å². The minimum absolute atomic E-state index is 0.356. The SMILES string of the molecule is CCS(=N)(=O)c1ccc(CN)cc1. The van der Waals surface area contributed by atoms with Crippen molar-refractivity contribution in [2.75, 3.05) is 5.75 Å². The van der Waals surface area contributed by atoms with Gasteiger partial charge in [0.15, 0.2) is 0 Å². The lowest BCUT2D eigenvalue weighted by Gasteiger charge is -2.04. The molecule has 1 rings (SSSR count). The number of benzene rings is 1. The molecule has 1 aromatic carbocycles. The molecule has 13 heavy (non-hydrogen) atoms. The van der Waals surface area contributed by atoms with Gasteiger partial charge in [-0.1, -0.05) is 19.1 Å². The number of hydrogen-bond acceptors (Lipinski definition) is 3. The van der Waals surface area contributed by atoms with Gasteiger partial charge in [-0.15, -0.1) is 0 Å². The Hall–Kier alpha value is -0.870. The van der Waals surface area contributed by atoms with Crippen LogP contribution in [0.15, 0.2) is 29.2 Å². The third-order valence-electron chi connectivity index (χ3n) is 1.95. The van der Waals surface area contributed by atoms with Crippen molar-refractivity contribution >= 4 is 9.73 Å². The molecule has 0 saturated carbocycles. The van der Waals surface area contributed by atoms with E-state index in [0.29, 0.717) is 17.2 Å². The first kappa shape index (κ1) is 10.2. The molecule has 0 aliphatic heterocycles. The lowest BCUT2D eigenvalue weighted by molar-refractivity contribution is 0.675. The topological polar surface area (TPSA) is 66.9 Å². The summed E-state index contributed by atoms with van der Waals surface area (Å²) in [5.41, 5.74) is 6.42. The molecule has 0 aliphatic rings. The van der Waals surface area contributed by atoms with Gasteiger partial charge in [0.05, 0.1) is 9.73 Å². The van der Waals surface area contributed by atoms with E-state index >= 15 is 0 Å². The van der Waals surface area contributed by atoms with Crippen LogP contribution in [0.3, 0.4) is 0 Å². The molecule has 0 bridgehead atoms. The third-order valence-corrected chi connectivity index (χ3v) is 3.79. The molecular formula is C9H14N2OS. The van der Waals surface area contributed by atoms with Crippen LogP contribution < -0.4 is 5.73 Å². The molecule has 0 heterocycles. The highest BCUT2D eigenvalue weighted by atomic mass is 32.2. The van der Waals surface area contributed by atoms with E-state index in [0.717, 1.165) is 5.56 Å². The summed E-state index contributed by atoms with van der Waals surface area (Å²) in [5.74, 6) is 0.356. The fourth-order valence-electron chi connectivity index (χ4n) is 1.01. The maximum absolute atomic E-state index is 11.6. The quantitative estimate of drug-likeness (QED) is 0.774. The molecule has 0 amide bonds. The highest BCUT2D eigenvalue weighted by Crippen LogP contribution is 2.12. The van der Waals surface area contributed by atoms with Gasteiger partial charge >= 0.3 is 0 Å². The Morgan fingerprint density at radius 3 is 2.31 bits per heavy atom. The Morgan fingerprint density at radius 1 is 1.38 bits per heavy atom. The van der Waals surface area contributed by atoms with Gasteiger partial charge in [0, 0.05) is 17.2 Å². The van der Waals surface area contributed by atoms with Crippen molar-refractivity contribution in [3.05, 3.63) is 29.8 Å². The van der Waals surface area contributed by atoms with Gasteiger partial charge in [-0.25, -0.2) is 8.99 Å². The predicted molar refractivity (Wildman–Crippen MR) is 54.0 cm³/mol. The highest BCUT2D eigenvalue weighted by Gasteiger charge is 2.05. The van der Waals surface area contributed by atoms with Crippen LogP contribution in [-0.4, -0.2) is 9.96 Å². The maximum Gasteiger partial charge on any atom is 0.0723 e. The largest absolute Gasteiger partial charge is 0.326 e. The summed E-state index contributed by atoms with van der Waals surface area (Å²) in [6.07, 6.45) is 0. The zero-order valence-corrected chi connectivity index (χ0v) is 8.43. The van der Waals surface area contributed by atoms with E-state index in [-0.39, 0.29) is 0 Å². The molecule has 3 N–H and O–H groups in total. The standard InChI is InChI=1S/C9H14N2OS/c1-2-13(11,12)9-5-3-8(7-10)4-6-9/h3-6,11H,2,7,10H2,1H3. The molecule has 0 radical (unpaired) electrons. The van der Waals surface area contributed by atoms with Crippen molar-refractivity contribution in [3.8, 4) is 0 Å². The summed E-state index contributed by atoms with van der Waals surface area (Å²) in [4.78, 5) is 0.590. The summed E-state index contributed by atoms with van der Waals surface area (Å²) in [7, 11) is -2.56. The second-order valence-electron chi connectivity index (χ2n) is 2.81. The zero-order valence-electron chi connectivity index (χ0n) is 7.62. The van der Waals surface area contributed by atoms with Gasteiger partial charge in [-0.3, -0.25) is 0 Å². The average molecular weight is 198 g/mol. The number of nitrogens with two attached hydrogens (primary N) is 1. The van der Waals surface area contributed by atoms with Crippen molar-refractivity contribution in [2.24, 2.45) is 5.73 Å². The van der Waals surface area contributed by atoms with Crippen molar-refractivity contribution in [1.29, 1.82) is 4.78 Å². The molecule has 72 valence electrons. The first-order valence-corrected chi connectivity index (χ1v) is 5.88. The molecule has 4 heteroatoms. The van der Waals surface area contributed by atoms with Gasteiger partial charge in [-0.2, -0.15) is 0 Å². The van der Waals surface area contributed by atoms with E-state index in [4.69, 9.17) is 10.5 Å². The number of hydrogen-bond donors (Lipinski definition) is 2. The predicted octanol–water partition coefficient (Wildman–Crippen LogP) is 1.57. The van der Waals surface area contributed by atoms with Crippen LogP contribution in [0.4, 0.5) is 0 Å². The fraction of sp³-hybridized carbons (Fsp3) is 0.333. The second-order valence-corrected chi connectivity index (χ2v) is 5.21. The molecule has 1 unspecified atom stereocenters. The van der Waals surface area contributed by atoms with Gasteiger partial charge in [0.1, 0.15) is 0 Å². The lowest BCUT2D eigenvalue weighted by atomic mass is 10.2. The normalized spacial score (nSPS) is 15.2. The Morgan fingerprint density at radius 2 is 1.92 bits per heavy atom. The molecule has 1 atom stereocenters. The summed E-state index contributed by atoms with van der Waals surface area (Å²) < 4.78 is 19.1. The monoisotopic (exact) mass is 198 g/mol. The summed E-state index contributed by atoms with van der Waals surface area (Å²) in [6, 6.07) is 7.08. The minimum atomic E-state index is -2.56. The molecular weight excluding hydrogens is 184 g/mol. The first-order valence-electron chi connectivity index (χ1n) is 4.15. The van der Waals surface area contributed by atoms with E-state index in [9.17, 15) is 4.21 Å². The van der Waals surface area contributed by atoms with E-state index in [2.05, 4.69) is 0 Å². The van der Waals surface area contributed by atoms with Crippen LogP contribution in [0.2, 0.25) is 0 Å². The molecule has 3 nitrogen and oxygen atoms in total. The van der Waals surface area contributed by atoms with Crippen LogP contribution in [0, 0.1) is 4.78 Å². The van der Waals surface area contributed by atoms with Gasteiger partial charge in [0.25, 0.3) is 0 Å². The highest BCUT2D eigenvalue weighted by molar-refractivity contribution is 7.92. The van der Waals surface area contributed by atoms with E-state index in [1.165, 1.54) is 0 Å². The van der Waals surface area contributed by atoms with Crippen molar-refractivity contribution in [1.82, 2.24) is 0 Å². The van der Waals surface area contributed by atoms with Crippen LogP contribution >= 0.6 is 0 Å². The maximum atomic E-state index is 11.6. The second kappa shape index (κ2) is 3.89.